The van der Waals surface area contributed by atoms with Crippen molar-refractivity contribution in [3.8, 4) is 0 Å². The van der Waals surface area contributed by atoms with Gasteiger partial charge < -0.3 is 0 Å². The Balaban J connectivity index is 1.94. The lowest BCUT2D eigenvalue weighted by molar-refractivity contribution is 0.512. The van der Waals surface area contributed by atoms with Crippen molar-refractivity contribution in [2.24, 2.45) is 0 Å². The molecule has 1 aromatic carbocycles. The summed E-state index contributed by atoms with van der Waals surface area (Å²) in [5, 5.41) is 0. The molecule has 6 nitrogen and oxygen atoms in total. The molecule has 0 saturated carbocycles. The van der Waals surface area contributed by atoms with Gasteiger partial charge in [-0.05, 0) is 42.0 Å². The molecule has 3 aromatic heterocycles. The molecule has 3 heterocycles. The van der Waals surface area contributed by atoms with Gasteiger partial charge in [0.25, 0.3) is 0 Å². The summed E-state index contributed by atoms with van der Waals surface area (Å²) in [5.41, 5.74) is 1.65. The van der Waals surface area contributed by atoms with Crippen molar-refractivity contribution < 1.29 is 21.9 Å². The van der Waals surface area contributed by atoms with E-state index in [-0.39, 0.29) is 17.7 Å². The van der Waals surface area contributed by atoms with Crippen LogP contribution < -0.4 is 4.72 Å². The molecule has 0 spiro atoms. The van der Waals surface area contributed by atoms with Crippen LogP contribution in [0.25, 0.3) is 0 Å². The van der Waals surface area contributed by atoms with Gasteiger partial charge in [-0.15, -0.1) is 0 Å². The molecule has 0 radical (unpaired) electrons. The van der Waals surface area contributed by atoms with E-state index in [0.717, 1.165) is 0 Å². The number of nitrogens with one attached hydrogen (secondary N) is 1. The van der Waals surface area contributed by atoms with Crippen LogP contribution in [-0.4, -0.2) is 23.7 Å². The molecule has 2 N–H and O–H groups in total. The topological polar surface area (TPSA) is 88.0 Å². The highest BCUT2D eigenvalue weighted by Gasteiger charge is 2.33. The van der Waals surface area contributed by atoms with Gasteiger partial charge in [-0.3, -0.25) is 9.54 Å². The Labute approximate surface area is 196 Å². The number of benzene rings is 1. The van der Waals surface area contributed by atoms with Gasteiger partial charge in [0.1, 0.15) is 5.82 Å². The molecular weight excluding hydrogens is 465 g/mol. The molecule has 0 aliphatic carbocycles. The fraction of sp³-hybridized carbons (Fsp3) is 0.125. The van der Waals surface area contributed by atoms with Crippen molar-refractivity contribution >= 4 is 11.3 Å². The van der Waals surface area contributed by atoms with Gasteiger partial charge in [0.05, 0.1) is 12.2 Å². The van der Waals surface area contributed by atoms with Crippen molar-refractivity contribution in [2.75, 3.05) is 0 Å². The van der Waals surface area contributed by atoms with E-state index in [1.165, 1.54) is 48.8 Å². The van der Waals surface area contributed by atoms with E-state index in [1.807, 2.05) is 0 Å². The smallest absolute Gasteiger partial charge is 0.232 e. The van der Waals surface area contributed by atoms with E-state index in [2.05, 4.69) is 19.7 Å². The van der Waals surface area contributed by atoms with Crippen LogP contribution in [-0.2, 0) is 17.8 Å². The third kappa shape index (κ3) is 5.36. The average molecular weight is 485 g/mol. The molecule has 0 saturated heterocycles. The van der Waals surface area contributed by atoms with Crippen LogP contribution in [0, 0.1) is 17.7 Å². The zero-order valence-electron chi connectivity index (χ0n) is 17.6. The minimum atomic E-state index is -2.24. The quantitative estimate of drug-likeness (QED) is 0.284. The Bertz CT molecular complexity index is 1260. The highest BCUT2D eigenvalue weighted by Crippen LogP contribution is 2.43. The number of rotatable bonds is 8. The Morgan fingerprint density at radius 3 is 2.00 bits per heavy atom. The highest BCUT2D eigenvalue weighted by molar-refractivity contribution is 7.77. The Hall–Kier alpha value is -3.47. The second kappa shape index (κ2) is 10.6. The third-order valence-electron chi connectivity index (χ3n) is 5.33. The van der Waals surface area contributed by atoms with Crippen molar-refractivity contribution in [3.63, 3.8) is 0 Å². The first kappa shape index (κ1) is 23.7. The summed E-state index contributed by atoms with van der Waals surface area (Å²) in [5.74, 6) is -3.74. The second-order valence-electron chi connectivity index (χ2n) is 7.40. The van der Waals surface area contributed by atoms with Crippen molar-refractivity contribution in [1.82, 2.24) is 19.7 Å². The van der Waals surface area contributed by atoms with Crippen LogP contribution in [0.1, 0.15) is 39.9 Å². The first-order valence-electron chi connectivity index (χ1n) is 10.2. The molecule has 2 unspecified atom stereocenters. The van der Waals surface area contributed by atoms with E-state index in [4.69, 9.17) is 4.55 Å². The summed E-state index contributed by atoms with van der Waals surface area (Å²) in [6, 6.07) is 16.7. The van der Waals surface area contributed by atoms with E-state index in [0.29, 0.717) is 17.0 Å². The van der Waals surface area contributed by atoms with Gasteiger partial charge in [-0.1, -0.05) is 30.3 Å². The molecule has 0 aliphatic heterocycles. The number of halogens is 3. The molecule has 0 fully saturated rings. The standard InChI is InChI=1S/C24H19F3N4O2S/c25-16-10-8-15(9-11-16)21(20-7-1-4-17(31-20)14-30-34(32)33)22(18-5-2-12-28-23(18)26)19-6-3-13-29-24(19)27/h1-13,21-22,30H,14H2,(H,32,33). The molecular formula is C24H19F3N4O2S. The maximum absolute atomic E-state index is 15.0. The van der Waals surface area contributed by atoms with E-state index in [9.17, 15) is 17.4 Å². The zero-order valence-corrected chi connectivity index (χ0v) is 18.4. The van der Waals surface area contributed by atoms with E-state index >= 15 is 0 Å². The number of hydrogen-bond donors (Lipinski definition) is 2. The van der Waals surface area contributed by atoms with Crippen LogP contribution in [0.5, 0.6) is 0 Å². The van der Waals surface area contributed by atoms with Crippen molar-refractivity contribution in [2.45, 2.75) is 18.4 Å². The van der Waals surface area contributed by atoms with Gasteiger partial charge in [0.2, 0.25) is 23.2 Å². The number of nitrogens with zero attached hydrogens (tertiary/aromatic N) is 3. The maximum atomic E-state index is 15.0. The molecule has 4 aromatic rings. The molecule has 10 heteroatoms. The highest BCUT2D eigenvalue weighted by atomic mass is 32.2. The van der Waals surface area contributed by atoms with Crippen LogP contribution >= 0.6 is 0 Å². The normalized spacial score (nSPS) is 13.1. The van der Waals surface area contributed by atoms with Gasteiger partial charge >= 0.3 is 0 Å². The summed E-state index contributed by atoms with van der Waals surface area (Å²) >= 11 is -2.24. The monoisotopic (exact) mass is 484 g/mol. The molecule has 0 aliphatic rings. The lowest BCUT2D eigenvalue weighted by Crippen LogP contribution is -2.21. The molecule has 2 atom stereocenters. The van der Waals surface area contributed by atoms with Gasteiger partial charge in [0, 0.05) is 41.1 Å². The molecule has 0 bridgehead atoms. The first-order chi connectivity index (χ1) is 16.4. The zero-order chi connectivity index (χ0) is 24.1. The summed E-state index contributed by atoms with van der Waals surface area (Å²) < 4.78 is 66.2. The fourth-order valence-electron chi connectivity index (χ4n) is 3.90. The second-order valence-corrected chi connectivity index (χ2v) is 8.18. The molecule has 174 valence electrons. The minimum absolute atomic E-state index is 0.0136. The first-order valence-corrected chi connectivity index (χ1v) is 11.3. The molecule has 34 heavy (non-hydrogen) atoms. The summed E-state index contributed by atoms with van der Waals surface area (Å²) in [6.45, 7) is -0.0136. The molecule has 0 amide bonds. The van der Waals surface area contributed by atoms with Crippen LogP contribution in [0.2, 0.25) is 0 Å². The Morgan fingerprint density at radius 2 is 1.44 bits per heavy atom. The van der Waals surface area contributed by atoms with E-state index < -0.39 is 40.8 Å². The van der Waals surface area contributed by atoms with Gasteiger partial charge in [-0.2, -0.15) is 8.78 Å². The predicted molar refractivity (Wildman–Crippen MR) is 120 cm³/mol. The summed E-state index contributed by atoms with van der Waals surface area (Å²) in [7, 11) is 0. The minimum Gasteiger partial charge on any atom is -0.294 e. The van der Waals surface area contributed by atoms with Crippen molar-refractivity contribution in [3.05, 3.63) is 125 Å². The number of hydrogen-bond acceptors (Lipinski definition) is 4. The van der Waals surface area contributed by atoms with Crippen LogP contribution in [0.3, 0.4) is 0 Å². The Kier molecular flexibility index (Phi) is 7.41. The summed E-state index contributed by atoms with van der Waals surface area (Å²) in [4.78, 5) is 12.1. The average Bonchev–Trinajstić information content (AvgIpc) is 2.83. The number of aromatic nitrogens is 3. The summed E-state index contributed by atoms with van der Waals surface area (Å²) in [6.07, 6.45) is 2.59. The van der Waals surface area contributed by atoms with E-state index in [1.54, 1.807) is 30.3 Å². The van der Waals surface area contributed by atoms with Gasteiger partial charge in [0.15, 0.2) is 0 Å². The fourth-order valence-corrected chi connectivity index (χ4v) is 4.17. The van der Waals surface area contributed by atoms with Crippen LogP contribution in [0.15, 0.2) is 79.1 Å². The lowest BCUT2D eigenvalue weighted by Gasteiger charge is -2.28. The SMILES string of the molecule is O=S(O)NCc1cccc(C(c2ccc(F)cc2)C(c2cccnc2F)c2cccnc2F)n1. The van der Waals surface area contributed by atoms with Crippen LogP contribution in [0.4, 0.5) is 13.2 Å². The largest absolute Gasteiger partial charge is 0.294 e. The predicted octanol–water partition coefficient (Wildman–Crippen LogP) is 4.48. The molecule has 4 rings (SSSR count). The third-order valence-corrected chi connectivity index (χ3v) is 5.72. The lowest BCUT2D eigenvalue weighted by atomic mass is 9.76. The maximum Gasteiger partial charge on any atom is 0.232 e. The van der Waals surface area contributed by atoms with Crippen molar-refractivity contribution in [1.29, 1.82) is 0 Å². The number of pyridine rings is 3. The van der Waals surface area contributed by atoms with Gasteiger partial charge in [-0.25, -0.2) is 23.3 Å². The Morgan fingerprint density at radius 1 is 0.824 bits per heavy atom.